The molecule has 2 saturated heterocycles. The predicted octanol–water partition coefficient (Wildman–Crippen LogP) is 4.15. The molecule has 0 aliphatic carbocycles. The van der Waals surface area contributed by atoms with E-state index in [2.05, 4.69) is 31.5 Å². The topological polar surface area (TPSA) is 309 Å². The fourth-order valence-electron chi connectivity index (χ4n) is 13.1. The normalized spacial score (nSPS) is 26.6. The standard InChI is InChI=1S/C74H128N12O14/c1-24-55-71(95)80(18)52(16)70(94)85(23)62(53(17)100-37-26-25-34-86-35-38-99-39-36-86)68(92)78-59(46(8)9)74(98)81(19)56(40-43(2)3)65(89)75-50(14)64(88)76-51(15)69(93)82(20)57(41-44(4)5)72(96)83(21)58(42-45(6)7)73(97)84(22)61(47(10)11)67(91)79-60(66(90)77-55)63(87)49(13)28-27-29-54-32-30-48(12)31-33-54/h30-33,43-47,49-53,55-63,87H,24-29,34-42H2,1-23H3,(H,75,89)(H,76,88)(H,77,90)(H,78,92)(H,79,91)/t49-,50+,51-,52-,53-,55+,56+,57+,58+,59+,60+,61+,62+,63-/m1/s1. The average molecular weight is 1410 g/mol. The number of rotatable bonds is 22. The Balaban J connectivity index is 2.30. The second-order valence-electron chi connectivity index (χ2n) is 30.2. The Morgan fingerprint density at radius 1 is 0.500 bits per heavy atom. The fourth-order valence-corrected chi connectivity index (χ4v) is 13.1. The summed E-state index contributed by atoms with van der Waals surface area (Å²) in [7, 11) is 8.56. The zero-order valence-electron chi connectivity index (χ0n) is 64.8. The first kappa shape index (κ1) is 87.4. The minimum atomic E-state index is -1.70. The van der Waals surface area contributed by atoms with Crippen LogP contribution < -0.4 is 26.6 Å². The largest absolute Gasteiger partial charge is 0.390 e. The van der Waals surface area contributed by atoms with Gasteiger partial charge in [-0.2, -0.15) is 0 Å². The number of carbonyl (C=O) groups is 11. The van der Waals surface area contributed by atoms with Crippen molar-refractivity contribution in [2.45, 2.75) is 254 Å². The molecule has 11 amide bonds. The third kappa shape index (κ3) is 25.3. The molecule has 0 saturated carbocycles. The smallest absolute Gasteiger partial charge is 0.246 e. The number of carbonyl (C=O) groups excluding carboxylic acids is 11. The second kappa shape index (κ2) is 41.4. The highest BCUT2D eigenvalue weighted by molar-refractivity contribution is 6.00. The highest BCUT2D eigenvalue weighted by Gasteiger charge is 2.45. The molecule has 2 aliphatic rings. The molecule has 14 atom stereocenters. The lowest BCUT2D eigenvalue weighted by Gasteiger charge is -2.40. The summed E-state index contributed by atoms with van der Waals surface area (Å²) >= 11 is 0. The van der Waals surface area contributed by atoms with E-state index >= 15 is 28.8 Å². The van der Waals surface area contributed by atoms with E-state index in [0.717, 1.165) is 42.1 Å². The number of hydrogen-bond acceptors (Lipinski definition) is 15. The molecule has 26 nitrogen and oxygen atoms in total. The molecule has 0 bridgehead atoms. The molecular weight excluding hydrogens is 1280 g/mol. The minimum absolute atomic E-state index is 0.0148. The van der Waals surface area contributed by atoms with Crippen LogP contribution in [0.3, 0.4) is 0 Å². The number of morpholine rings is 1. The Bertz CT molecular complexity index is 2850. The van der Waals surface area contributed by atoms with Gasteiger partial charge in [0.25, 0.3) is 0 Å². The average Bonchev–Trinajstić information content (AvgIpc) is 0.818. The van der Waals surface area contributed by atoms with Crippen molar-refractivity contribution >= 4 is 65.0 Å². The van der Waals surface area contributed by atoms with E-state index in [9.17, 15) is 29.1 Å². The van der Waals surface area contributed by atoms with Crippen molar-refractivity contribution in [3.05, 3.63) is 35.4 Å². The van der Waals surface area contributed by atoms with Crippen LogP contribution in [-0.4, -0.2) is 265 Å². The monoisotopic (exact) mass is 1410 g/mol. The van der Waals surface area contributed by atoms with Gasteiger partial charge >= 0.3 is 0 Å². The number of benzene rings is 1. The number of aliphatic hydroxyl groups excluding tert-OH is 1. The van der Waals surface area contributed by atoms with Crippen LogP contribution in [0.4, 0.5) is 0 Å². The van der Waals surface area contributed by atoms with Gasteiger partial charge < -0.3 is 70.6 Å². The van der Waals surface area contributed by atoms with E-state index in [1.165, 1.54) is 87.6 Å². The summed E-state index contributed by atoms with van der Waals surface area (Å²) < 4.78 is 11.9. The number of hydrogen-bond donors (Lipinski definition) is 6. The zero-order valence-corrected chi connectivity index (χ0v) is 64.8. The second-order valence-corrected chi connectivity index (χ2v) is 30.2. The van der Waals surface area contributed by atoms with Gasteiger partial charge in [-0.15, -0.1) is 0 Å². The van der Waals surface area contributed by atoms with Crippen molar-refractivity contribution in [2.75, 3.05) is 81.7 Å². The van der Waals surface area contributed by atoms with Crippen LogP contribution in [0, 0.1) is 42.4 Å². The van der Waals surface area contributed by atoms with Crippen LogP contribution in [0.25, 0.3) is 0 Å². The van der Waals surface area contributed by atoms with E-state index < -0.39 is 161 Å². The first-order valence-corrected chi connectivity index (χ1v) is 36.5. The van der Waals surface area contributed by atoms with E-state index in [-0.39, 0.29) is 50.0 Å². The van der Waals surface area contributed by atoms with Gasteiger partial charge in [0.15, 0.2) is 0 Å². The first-order valence-electron chi connectivity index (χ1n) is 36.5. The van der Waals surface area contributed by atoms with Crippen LogP contribution in [-0.2, 0) is 68.6 Å². The van der Waals surface area contributed by atoms with Crippen LogP contribution in [0.1, 0.15) is 173 Å². The molecule has 0 unspecified atom stereocenters. The van der Waals surface area contributed by atoms with Crippen LogP contribution in [0.15, 0.2) is 24.3 Å². The summed E-state index contributed by atoms with van der Waals surface area (Å²) in [6.07, 6.45) is 0.921. The fraction of sp³-hybridized carbons (Fsp3) is 0.770. The summed E-state index contributed by atoms with van der Waals surface area (Å²) in [6, 6.07) is -6.23. The Morgan fingerprint density at radius 3 is 1.52 bits per heavy atom. The molecule has 100 heavy (non-hydrogen) atoms. The third-order valence-electron chi connectivity index (χ3n) is 19.7. The van der Waals surface area contributed by atoms with Gasteiger partial charge in [0.05, 0.1) is 25.4 Å². The van der Waals surface area contributed by atoms with Crippen LogP contribution >= 0.6 is 0 Å². The van der Waals surface area contributed by atoms with E-state index in [4.69, 9.17) is 9.47 Å². The number of unbranched alkanes of at least 4 members (excludes halogenated alkanes) is 1. The minimum Gasteiger partial charge on any atom is -0.390 e. The number of aliphatic hydroxyl groups is 1. The van der Waals surface area contributed by atoms with Crippen LogP contribution in [0.5, 0.6) is 0 Å². The molecule has 2 fully saturated rings. The van der Waals surface area contributed by atoms with Gasteiger partial charge in [-0.05, 0) is 140 Å². The molecule has 1 aromatic rings. The van der Waals surface area contributed by atoms with Crippen molar-refractivity contribution in [3.8, 4) is 0 Å². The first-order chi connectivity index (χ1) is 46.7. The lowest BCUT2D eigenvalue weighted by Crippen LogP contribution is -2.64. The SMILES string of the molecule is CC[C@@H]1NC(=O)[C@H]([C@H](O)[C@H](C)CCCc2ccc(C)cc2)NC(=O)[C@H](C(C)C)N(C)C(=O)[C@H](CC(C)C)N(C)C(=O)[C@H](CC(C)C)N(C)C(=O)[C@@H](C)NC(=O)[C@H](C)NC(=O)[C@H](CC(C)C)N(C)C(=O)[C@H](C(C)C)NC(=O)[C@H]([C@@H](C)OCCCCN2CCOCC2)N(C)C(=O)[C@@H](C)N(C)C1=O. The molecule has 26 heteroatoms. The number of nitrogens with one attached hydrogen (secondary N) is 5. The molecule has 2 aliphatic heterocycles. The molecule has 3 rings (SSSR count). The van der Waals surface area contributed by atoms with Crippen LogP contribution in [0.2, 0.25) is 0 Å². The summed E-state index contributed by atoms with van der Waals surface area (Å²) in [5, 5.41) is 26.3. The van der Waals surface area contributed by atoms with Crippen molar-refractivity contribution in [1.29, 1.82) is 0 Å². The van der Waals surface area contributed by atoms with Crippen molar-refractivity contribution in [3.63, 3.8) is 0 Å². The molecule has 0 spiro atoms. The van der Waals surface area contributed by atoms with Gasteiger partial charge in [-0.25, -0.2) is 0 Å². The molecule has 6 N–H and O–H groups in total. The third-order valence-corrected chi connectivity index (χ3v) is 19.7. The van der Waals surface area contributed by atoms with Crippen molar-refractivity contribution in [1.82, 2.24) is 60.9 Å². The van der Waals surface area contributed by atoms with Gasteiger partial charge in [0.2, 0.25) is 65.0 Å². The zero-order chi connectivity index (χ0) is 75.9. The molecule has 568 valence electrons. The maximum Gasteiger partial charge on any atom is 0.246 e. The molecule has 0 radical (unpaired) electrons. The number of amides is 11. The Kier molecular flexibility index (Phi) is 36.2. The molecule has 0 aromatic heterocycles. The van der Waals surface area contributed by atoms with Gasteiger partial charge in [-0.3, -0.25) is 57.6 Å². The number of likely N-dealkylation sites (N-methyl/N-ethyl adjacent to an activating group) is 6. The summed E-state index contributed by atoms with van der Waals surface area (Å²) in [5.74, 6) is -10.2. The molecular formula is C74H128N12O14. The highest BCUT2D eigenvalue weighted by atomic mass is 16.5. The number of nitrogens with zero attached hydrogens (tertiary/aromatic N) is 7. The summed E-state index contributed by atoms with van der Waals surface area (Å²) in [6.45, 7) is 33.4. The number of ether oxygens (including phenoxy) is 2. The molecule has 1 aromatic carbocycles. The van der Waals surface area contributed by atoms with E-state index in [1.54, 1.807) is 48.5 Å². The quantitative estimate of drug-likeness (QED) is 0.0889. The maximum atomic E-state index is 15.2. The predicted molar refractivity (Wildman–Crippen MR) is 386 cm³/mol. The van der Waals surface area contributed by atoms with Gasteiger partial charge in [0, 0.05) is 62.0 Å². The Hall–Kier alpha value is -6.77. The maximum absolute atomic E-state index is 15.2. The summed E-state index contributed by atoms with van der Waals surface area (Å²) in [4.78, 5) is 173. The molecule has 2 heterocycles. The van der Waals surface area contributed by atoms with Gasteiger partial charge in [0.1, 0.15) is 66.5 Å². The summed E-state index contributed by atoms with van der Waals surface area (Å²) in [5.41, 5.74) is 2.17. The van der Waals surface area contributed by atoms with Crippen molar-refractivity contribution in [2.24, 2.45) is 35.5 Å². The van der Waals surface area contributed by atoms with E-state index in [1.807, 2.05) is 72.7 Å². The highest BCUT2D eigenvalue weighted by Crippen LogP contribution is 2.25. The van der Waals surface area contributed by atoms with E-state index in [0.29, 0.717) is 38.9 Å². The lowest BCUT2D eigenvalue weighted by atomic mass is 9.90. The Morgan fingerprint density at radius 2 is 0.990 bits per heavy atom. The lowest BCUT2D eigenvalue weighted by molar-refractivity contribution is -0.154. The Labute approximate surface area is 597 Å². The number of aryl methyl sites for hydroxylation is 2. The van der Waals surface area contributed by atoms with Gasteiger partial charge in [-0.1, -0.05) is 113 Å². The van der Waals surface area contributed by atoms with Crippen molar-refractivity contribution < 1.29 is 67.3 Å².